The van der Waals surface area contributed by atoms with Gasteiger partial charge in [-0.1, -0.05) is 41.5 Å². The summed E-state index contributed by atoms with van der Waals surface area (Å²) in [5.41, 5.74) is 0.812. The second-order valence-corrected chi connectivity index (χ2v) is 22.8. The lowest BCUT2D eigenvalue weighted by Gasteiger charge is -2.62. The Bertz CT molecular complexity index is 1430. The highest BCUT2D eigenvalue weighted by Crippen LogP contribution is 2.70. The maximum atomic E-state index is 13.5. The number of aliphatic hydroxyl groups is 3. The first-order valence-corrected chi connectivity index (χ1v) is 23.4. The van der Waals surface area contributed by atoms with Gasteiger partial charge in [0.25, 0.3) is 0 Å². The summed E-state index contributed by atoms with van der Waals surface area (Å²) >= 11 is 0. The predicted octanol–water partition coefficient (Wildman–Crippen LogP) is 9.44. The van der Waals surface area contributed by atoms with Gasteiger partial charge in [-0.2, -0.15) is 0 Å². The molecule has 0 bridgehead atoms. The number of rotatable bonds is 9. The molecule has 0 heterocycles. The fourth-order valence-corrected chi connectivity index (χ4v) is 17.8. The van der Waals surface area contributed by atoms with Crippen LogP contribution in [0, 0.1) is 92.7 Å². The van der Waals surface area contributed by atoms with Gasteiger partial charge < -0.3 is 25.2 Å². The van der Waals surface area contributed by atoms with Gasteiger partial charge in [0.2, 0.25) is 0 Å². The van der Waals surface area contributed by atoms with E-state index in [1.54, 1.807) is 0 Å². The Morgan fingerprint density at radius 3 is 1.56 bits per heavy atom. The van der Waals surface area contributed by atoms with Crippen LogP contribution in [-0.4, -0.2) is 56.8 Å². The summed E-state index contributed by atoms with van der Waals surface area (Å²) in [5, 5.41) is 43.3. The molecule has 0 aromatic heterocycles. The van der Waals surface area contributed by atoms with Crippen molar-refractivity contribution in [3.05, 3.63) is 0 Å². The Kier molecular flexibility index (Phi) is 10.9. The number of fused-ring (bicyclic) bond motifs is 10. The number of hydrogen-bond acceptors (Lipinski definition) is 6. The summed E-state index contributed by atoms with van der Waals surface area (Å²) in [5.74, 6) is 4.85. The Labute approximate surface area is 332 Å². The van der Waals surface area contributed by atoms with E-state index in [9.17, 15) is 30.0 Å². The average molecular weight is 767 g/mol. The van der Waals surface area contributed by atoms with Gasteiger partial charge in [-0.3, -0.25) is 9.59 Å². The van der Waals surface area contributed by atoms with E-state index >= 15 is 0 Å². The molecule has 55 heavy (non-hydrogen) atoms. The third-order valence-electron chi connectivity index (χ3n) is 20.7. The van der Waals surface area contributed by atoms with Gasteiger partial charge in [-0.05, 0) is 208 Å². The first kappa shape index (κ1) is 40.6. The van der Waals surface area contributed by atoms with Crippen LogP contribution in [0.25, 0.3) is 0 Å². The quantitative estimate of drug-likeness (QED) is 0.173. The number of esters is 1. The van der Waals surface area contributed by atoms with E-state index in [4.69, 9.17) is 4.74 Å². The van der Waals surface area contributed by atoms with Gasteiger partial charge in [0.05, 0.1) is 18.3 Å². The maximum absolute atomic E-state index is 13.5. The molecular formula is C48H78O7. The summed E-state index contributed by atoms with van der Waals surface area (Å²) in [4.78, 5) is 24.9. The smallest absolute Gasteiger partial charge is 0.306 e. The molecule has 7 nitrogen and oxygen atoms in total. The highest BCUT2D eigenvalue weighted by Gasteiger charge is 2.65. The Morgan fingerprint density at radius 1 is 0.582 bits per heavy atom. The molecule has 8 aliphatic carbocycles. The fraction of sp³-hybridized carbons (Fsp3) is 0.958. The minimum atomic E-state index is -0.696. The molecule has 20 atom stereocenters. The zero-order valence-electron chi connectivity index (χ0n) is 35.4. The van der Waals surface area contributed by atoms with Crippen LogP contribution in [0.4, 0.5) is 0 Å². The number of carbonyl (C=O) groups excluding carboxylic acids is 1. The Balaban J connectivity index is 0.845. The first-order valence-electron chi connectivity index (χ1n) is 23.4. The SMILES string of the molecule is C[C@H](CCC(=O)O)[C@H]1CC[C@H]2[C@@H]3[C@@H](O)CC4C[C@@H](OC(=O)CC[C@@H](C)[C@H]5CCC6C7C(CC[C@@]65C)[C@@]5(C)CC[C@H](O)CC5C[C@H]7O)CC[C@]4(C)[C@H]3CC[C@]12C. The van der Waals surface area contributed by atoms with E-state index in [2.05, 4.69) is 41.5 Å². The number of carbonyl (C=O) groups is 2. The zero-order chi connectivity index (χ0) is 39.2. The van der Waals surface area contributed by atoms with Crippen molar-refractivity contribution in [1.82, 2.24) is 0 Å². The second kappa shape index (κ2) is 14.8. The summed E-state index contributed by atoms with van der Waals surface area (Å²) in [6.45, 7) is 14.6. The van der Waals surface area contributed by atoms with Crippen LogP contribution in [0.5, 0.6) is 0 Å². The van der Waals surface area contributed by atoms with Crippen molar-refractivity contribution in [2.45, 2.75) is 194 Å². The fourth-order valence-electron chi connectivity index (χ4n) is 17.8. The van der Waals surface area contributed by atoms with Gasteiger partial charge in [0.1, 0.15) is 6.10 Å². The first-order chi connectivity index (χ1) is 26.0. The summed E-state index contributed by atoms with van der Waals surface area (Å²) in [6, 6.07) is 0. The summed E-state index contributed by atoms with van der Waals surface area (Å²) in [7, 11) is 0. The molecular weight excluding hydrogens is 689 g/mol. The van der Waals surface area contributed by atoms with Crippen molar-refractivity contribution < 1.29 is 34.8 Å². The highest BCUT2D eigenvalue weighted by molar-refractivity contribution is 5.69. The van der Waals surface area contributed by atoms with Crippen LogP contribution < -0.4 is 0 Å². The van der Waals surface area contributed by atoms with E-state index in [1.807, 2.05) is 0 Å². The third-order valence-corrected chi connectivity index (χ3v) is 20.7. The van der Waals surface area contributed by atoms with Crippen molar-refractivity contribution in [3.8, 4) is 0 Å². The van der Waals surface area contributed by atoms with Gasteiger partial charge in [-0.25, -0.2) is 0 Å². The minimum Gasteiger partial charge on any atom is -0.481 e. The largest absolute Gasteiger partial charge is 0.481 e. The van der Waals surface area contributed by atoms with Crippen LogP contribution in [0.3, 0.4) is 0 Å². The molecule has 312 valence electrons. The standard InChI is InChI=1S/C48H78O7/c1-27(7-13-41(52)53)33-9-11-36-44-38(18-22-47(33,36)5)46(4)20-16-32(24-30(46)26-40(44)51)55-42(54)14-8-28(2)34-10-12-35-43-37(17-21-48(34,35)6)45(3)19-15-31(49)23-29(45)25-39(43)50/h27-40,43-44,49-51H,7-26H2,1-6H3,(H,52,53)/t27-,28-,29?,30?,31+,32+,33-,34-,35?,36+,37?,38+,39-,40+,43?,44+,45+,46+,47-,48-/m1/s1. The molecule has 4 N–H and O–H groups in total. The third kappa shape index (κ3) is 6.69. The lowest BCUT2D eigenvalue weighted by Crippen LogP contribution is -2.58. The molecule has 0 saturated heterocycles. The van der Waals surface area contributed by atoms with Crippen LogP contribution >= 0.6 is 0 Å². The number of aliphatic hydroxyl groups excluding tert-OH is 3. The number of carboxylic acids is 1. The lowest BCUT2D eigenvalue weighted by molar-refractivity contribution is -0.183. The molecule has 0 aromatic carbocycles. The van der Waals surface area contributed by atoms with E-state index in [0.717, 1.165) is 83.5 Å². The van der Waals surface area contributed by atoms with Crippen molar-refractivity contribution in [2.75, 3.05) is 0 Å². The zero-order valence-corrected chi connectivity index (χ0v) is 35.4. The van der Waals surface area contributed by atoms with E-state index in [1.165, 1.54) is 32.1 Å². The number of hydrogen-bond donors (Lipinski definition) is 4. The molecule has 8 fully saturated rings. The molecule has 8 aliphatic rings. The molecule has 0 spiro atoms. The molecule has 8 saturated carbocycles. The Morgan fingerprint density at radius 2 is 1.04 bits per heavy atom. The van der Waals surface area contributed by atoms with E-state index in [-0.39, 0.29) is 58.5 Å². The summed E-state index contributed by atoms with van der Waals surface area (Å²) < 4.78 is 6.31. The van der Waals surface area contributed by atoms with Crippen LogP contribution in [-0.2, 0) is 14.3 Å². The van der Waals surface area contributed by atoms with Gasteiger partial charge in [0, 0.05) is 12.8 Å². The van der Waals surface area contributed by atoms with E-state index < -0.39 is 5.97 Å². The number of ether oxygens (including phenoxy) is 1. The lowest BCUT2D eigenvalue weighted by atomic mass is 9.43. The molecule has 0 aliphatic heterocycles. The topological polar surface area (TPSA) is 124 Å². The molecule has 5 unspecified atom stereocenters. The van der Waals surface area contributed by atoms with Gasteiger partial charge in [-0.15, -0.1) is 0 Å². The molecule has 8 rings (SSSR count). The minimum absolute atomic E-state index is 0.0401. The summed E-state index contributed by atoms with van der Waals surface area (Å²) in [6.07, 6.45) is 18.4. The monoisotopic (exact) mass is 767 g/mol. The Hall–Kier alpha value is -1.18. The van der Waals surface area contributed by atoms with Crippen LogP contribution in [0.2, 0.25) is 0 Å². The van der Waals surface area contributed by atoms with Crippen molar-refractivity contribution in [1.29, 1.82) is 0 Å². The van der Waals surface area contributed by atoms with Crippen molar-refractivity contribution in [2.24, 2.45) is 92.7 Å². The average Bonchev–Trinajstić information content (AvgIpc) is 3.67. The van der Waals surface area contributed by atoms with Crippen molar-refractivity contribution in [3.63, 3.8) is 0 Å². The van der Waals surface area contributed by atoms with E-state index in [0.29, 0.717) is 77.4 Å². The van der Waals surface area contributed by atoms with Crippen molar-refractivity contribution >= 4 is 11.9 Å². The molecule has 0 radical (unpaired) electrons. The van der Waals surface area contributed by atoms with Gasteiger partial charge in [0.15, 0.2) is 0 Å². The molecule has 0 amide bonds. The van der Waals surface area contributed by atoms with Crippen LogP contribution in [0.1, 0.15) is 170 Å². The molecule has 0 aromatic rings. The van der Waals surface area contributed by atoms with Gasteiger partial charge >= 0.3 is 11.9 Å². The maximum Gasteiger partial charge on any atom is 0.306 e. The highest BCUT2D eigenvalue weighted by atomic mass is 16.5. The van der Waals surface area contributed by atoms with Crippen LogP contribution in [0.15, 0.2) is 0 Å². The normalized spacial score (nSPS) is 52.7. The number of carboxylic acid groups (broad SMARTS) is 1. The predicted molar refractivity (Wildman–Crippen MR) is 214 cm³/mol. The molecule has 7 heteroatoms. The number of aliphatic carboxylic acids is 1. The second-order valence-electron chi connectivity index (χ2n) is 22.8.